The van der Waals surface area contributed by atoms with E-state index in [0.717, 1.165) is 16.8 Å². The van der Waals surface area contributed by atoms with E-state index < -0.39 is 0 Å². The third-order valence-electron chi connectivity index (χ3n) is 2.34. The van der Waals surface area contributed by atoms with Crippen LogP contribution in [-0.2, 0) is 4.79 Å². The van der Waals surface area contributed by atoms with Crippen molar-refractivity contribution in [2.75, 3.05) is 5.32 Å². The van der Waals surface area contributed by atoms with Crippen LogP contribution in [0.3, 0.4) is 0 Å². The van der Waals surface area contributed by atoms with E-state index in [1.165, 1.54) is 0 Å². The number of aromatic nitrogens is 2. The smallest absolute Gasteiger partial charge is 0.212 e. The Morgan fingerprint density at radius 1 is 1.38 bits per heavy atom. The van der Waals surface area contributed by atoms with E-state index in [4.69, 9.17) is 11.6 Å². The number of benzene rings is 1. The van der Waals surface area contributed by atoms with Gasteiger partial charge in [0, 0.05) is 10.6 Å². The number of aromatic amines is 1. The highest BCUT2D eigenvalue weighted by molar-refractivity contribution is 6.30. The van der Waals surface area contributed by atoms with Gasteiger partial charge in [0.25, 0.3) is 0 Å². The number of anilines is 1. The molecule has 0 fully saturated rings. The minimum Gasteiger partial charge on any atom is -0.312 e. The van der Waals surface area contributed by atoms with Crippen molar-refractivity contribution in [2.45, 2.75) is 6.92 Å². The van der Waals surface area contributed by atoms with Crippen molar-refractivity contribution in [3.63, 3.8) is 0 Å². The van der Waals surface area contributed by atoms with Crippen LogP contribution in [0.2, 0.25) is 5.02 Å². The van der Waals surface area contributed by atoms with Crippen molar-refractivity contribution in [1.82, 2.24) is 10.2 Å². The highest BCUT2D eigenvalue weighted by Crippen LogP contribution is 2.26. The lowest BCUT2D eigenvalue weighted by Gasteiger charge is -2.00. The van der Waals surface area contributed by atoms with E-state index in [1.807, 2.05) is 31.2 Å². The van der Waals surface area contributed by atoms with Crippen LogP contribution in [0.25, 0.3) is 11.3 Å². The lowest BCUT2D eigenvalue weighted by atomic mass is 10.1. The summed E-state index contributed by atoms with van der Waals surface area (Å²) >= 11 is 5.81. The lowest BCUT2D eigenvalue weighted by molar-refractivity contribution is -0.105. The summed E-state index contributed by atoms with van der Waals surface area (Å²) < 4.78 is 0. The molecule has 2 N–H and O–H groups in total. The zero-order chi connectivity index (χ0) is 11.5. The lowest BCUT2D eigenvalue weighted by Crippen LogP contribution is -1.95. The van der Waals surface area contributed by atoms with E-state index >= 15 is 0 Å². The van der Waals surface area contributed by atoms with Gasteiger partial charge in [0.05, 0.1) is 5.69 Å². The number of hydrogen-bond acceptors (Lipinski definition) is 2. The van der Waals surface area contributed by atoms with Crippen LogP contribution >= 0.6 is 11.6 Å². The number of rotatable bonds is 3. The van der Waals surface area contributed by atoms with Crippen LogP contribution in [0.15, 0.2) is 24.3 Å². The normalized spacial score (nSPS) is 10.1. The van der Waals surface area contributed by atoms with Gasteiger partial charge < -0.3 is 5.32 Å². The predicted molar refractivity (Wildman–Crippen MR) is 63.5 cm³/mol. The van der Waals surface area contributed by atoms with Crippen molar-refractivity contribution in [3.05, 3.63) is 34.9 Å². The summed E-state index contributed by atoms with van der Waals surface area (Å²) in [5.41, 5.74) is 2.75. The molecule has 2 rings (SSSR count). The highest BCUT2D eigenvalue weighted by Gasteiger charge is 2.09. The molecule has 1 heterocycles. The number of H-pyrrole nitrogens is 1. The molecule has 0 unspecified atom stereocenters. The van der Waals surface area contributed by atoms with Gasteiger partial charge >= 0.3 is 0 Å². The van der Waals surface area contributed by atoms with Gasteiger partial charge in [-0.15, -0.1) is 0 Å². The highest BCUT2D eigenvalue weighted by atomic mass is 35.5. The molecule has 1 aromatic carbocycles. The molecule has 2 aromatic rings. The maximum atomic E-state index is 10.3. The molecule has 0 atom stereocenters. The second-order valence-electron chi connectivity index (χ2n) is 3.34. The van der Waals surface area contributed by atoms with Crippen LogP contribution in [0.4, 0.5) is 5.82 Å². The summed E-state index contributed by atoms with van der Waals surface area (Å²) in [6, 6.07) is 7.41. The van der Waals surface area contributed by atoms with Crippen molar-refractivity contribution in [3.8, 4) is 11.3 Å². The predicted octanol–water partition coefficient (Wildman–Crippen LogP) is 2.61. The maximum Gasteiger partial charge on any atom is 0.212 e. The van der Waals surface area contributed by atoms with Gasteiger partial charge in [0.2, 0.25) is 6.41 Å². The van der Waals surface area contributed by atoms with E-state index in [1.54, 1.807) is 0 Å². The van der Waals surface area contributed by atoms with Crippen LogP contribution in [0.1, 0.15) is 5.56 Å². The summed E-state index contributed by atoms with van der Waals surface area (Å²) in [6.07, 6.45) is 0.606. The molecular formula is C11H10ClN3O. The second-order valence-corrected chi connectivity index (χ2v) is 3.78. The summed E-state index contributed by atoms with van der Waals surface area (Å²) in [6.45, 7) is 1.89. The van der Waals surface area contributed by atoms with Crippen molar-refractivity contribution in [1.29, 1.82) is 0 Å². The molecule has 4 nitrogen and oxygen atoms in total. The molecule has 0 bridgehead atoms. The first-order chi connectivity index (χ1) is 7.72. The Hall–Kier alpha value is -1.81. The average Bonchev–Trinajstić information content (AvgIpc) is 2.63. The molecule has 0 spiro atoms. The third-order valence-corrected chi connectivity index (χ3v) is 2.59. The Balaban J connectivity index is 2.40. The molecular weight excluding hydrogens is 226 g/mol. The monoisotopic (exact) mass is 235 g/mol. The molecule has 1 amide bonds. The topological polar surface area (TPSA) is 57.8 Å². The fourth-order valence-corrected chi connectivity index (χ4v) is 1.62. The SMILES string of the molecule is Cc1c(NC=O)n[nH]c1-c1ccc(Cl)cc1. The summed E-state index contributed by atoms with van der Waals surface area (Å²) in [5.74, 6) is 0.542. The zero-order valence-corrected chi connectivity index (χ0v) is 9.38. The Kier molecular flexibility index (Phi) is 2.92. The number of carbonyl (C=O) groups is 1. The number of nitrogens with zero attached hydrogens (tertiary/aromatic N) is 1. The summed E-state index contributed by atoms with van der Waals surface area (Å²) in [7, 11) is 0. The molecule has 0 saturated heterocycles. The molecule has 0 aliphatic rings. The summed E-state index contributed by atoms with van der Waals surface area (Å²) in [4.78, 5) is 10.3. The standard InChI is InChI=1S/C11H10ClN3O/c1-7-10(14-15-11(7)13-6-16)8-2-4-9(12)5-3-8/h2-6H,1H3,(H2,13,14,15,16). The first-order valence-electron chi connectivity index (χ1n) is 4.73. The van der Waals surface area contributed by atoms with Crippen molar-refractivity contribution in [2.24, 2.45) is 0 Å². The molecule has 0 aliphatic heterocycles. The van der Waals surface area contributed by atoms with Gasteiger partial charge in [0.15, 0.2) is 5.82 Å². The molecule has 0 radical (unpaired) electrons. The number of halogens is 1. The molecule has 82 valence electrons. The Morgan fingerprint density at radius 2 is 2.06 bits per heavy atom. The van der Waals surface area contributed by atoms with Gasteiger partial charge in [-0.1, -0.05) is 23.7 Å². The Labute approximate surface area is 97.6 Å². The van der Waals surface area contributed by atoms with Crippen molar-refractivity contribution < 1.29 is 4.79 Å². The minimum absolute atomic E-state index is 0.542. The number of carbonyl (C=O) groups excluding carboxylic acids is 1. The Morgan fingerprint density at radius 3 is 2.69 bits per heavy atom. The van der Waals surface area contributed by atoms with Gasteiger partial charge in [0.1, 0.15) is 0 Å². The largest absolute Gasteiger partial charge is 0.312 e. The maximum absolute atomic E-state index is 10.3. The fourth-order valence-electron chi connectivity index (χ4n) is 1.49. The van der Waals surface area contributed by atoms with E-state index in [0.29, 0.717) is 17.3 Å². The molecule has 1 aromatic heterocycles. The van der Waals surface area contributed by atoms with Crippen LogP contribution in [-0.4, -0.2) is 16.6 Å². The first-order valence-corrected chi connectivity index (χ1v) is 5.11. The average molecular weight is 236 g/mol. The zero-order valence-electron chi connectivity index (χ0n) is 8.62. The number of amides is 1. The van der Waals surface area contributed by atoms with Gasteiger partial charge in [-0.25, -0.2) is 0 Å². The molecule has 0 aliphatic carbocycles. The van der Waals surface area contributed by atoms with Crippen LogP contribution < -0.4 is 5.32 Å². The van der Waals surface area contributed by atoms with Gasteiger partial charge in [-0.2, -0.15) is 5.10 Å². The first kappa shape index (κ1) is 10.7. The number of hydrogen-bond donors (Lipinski definition) is 2. The fraction of sp³-hybridized carbons (Fsp3) is 0.0909. The molecule has 5 heteroatoms. The summed E-state index contributed by atoms with van der Waals surface area (Å²) in [5, 5.41) is 10.1. The number of nitrogens with one attached hydrogen (secondary N) is 2. The Bertz CT molecular complexity index is 504. The van der Waals surface area contributed by atoms with Gasteiger partial charge in [-0.3, -0.25) is 9.89 Å². The molecule has 16 heavy (non-hydrogen) atoms. The minimum atomic E-state index is 0.542. The van der Waals surface area contributed by atoms with E-state index in [-0.39, 0.29) is 0 Å². The van der Waals surface area contributed by atoms with E-state index in [9.17, 15) is 4.79 Å². The quantitative estimate of drug-likeness (QED) is 0.804. The van der Waals surface area contributed by atoms with Gasteiger partial charge in [-0.05, 0) is 24.6 Å². The van der Waals surface area contributed by atoms with Crippen molar-refractivity contribution >= 4 is 23.8 Å². The van der Waals surface area contributed by atoms with E-state index in [2.05, 4.69) is 15.5 Å². The molecule has 0 saturated carbocycles. The third kappa shape index (κ3) is 1.92. The van der Waals surface area contributed by atoms with Crippen LogP contribution in [0.5, 0.6) is 0 Å². The van der Waals surface area contributed by atoms with Crippen LogP contribution in [0, 0.1) is 6.92 Å². The second kappa shape index (κ2) is 4.37.